The first-order valence-corrected chi connectivity index (χ1v) is 7.76. The molecule has 1 heterocycles. The first-order chi connectivity index (χ1) is 9.69. The Morgan fingerprint density at radius 2 is 1.90 bits per heavy atom. The molecule has 3 nitrogen and oxygen atoms in total. The molecule has 0 aromatic rings. The molecule has 0 bridgehead atoms. The number of rotatable bonds is 4. The van der Waals surface area contributed by atoms with Gasteiger partial charge in [-0.3, -0.25) is 0 Å². The second kappa shape index (κ2) is 6.07. The Kier molecular flexibility index (Phi) is 4.76. The minimum atomic E-state index is -0.549. The summed E-state index contributed by atoms with van der Waals surface area (Å²) < 4.78 is 12.1. The molecule has 1 aliphatic carbocycles. The Labute approximate surface area is 128 Å². The predicted molar refractivity (Wildman–Crippen MR) is 84.9 cm³/mol. The summed E-state index contributed by atoms with van der Waals surface area (Å²) in [6, 6.07) is 0. The van der Waals surface area contributed by atoms with E-state index in [1.165, 1.54) is 11.1 Å². The first-order valence-electron chi connectivity index (χ1n) is 7.76. The maximum atomic E-state index is 10.1. The van der Waals surface area contributed by atoms with Crippen LogP contribution in [0.1, 0.15) is 48.0 Å². The lowest BCUT2D eigenvalue weighted by atomic mass is 9.83. The molecule has 3 heteroatoms. The number of aliphatic hydroxyl groups excluding tert-OH is 1. The minimum Gasteiger partial charge on any atom is -0.389 e. The largest absolute Gasteiger partial charge is 0.389 e. The summed E-state index contributed by atoms with van der Waals surface area (Å²) in [5.41, 5.74) is 3.56. The molecule has 21 heavy (non-hydrogen) atoms. The van der Waals surface area contributed by atoms with Crippen LogP contribution in [0.5, 0.6) is 0 Å². The smallest absolute Gasteiger partial charge is 0.164 e. The van der Waals surface area contributed by atoms with Crippen molar-refractivity contribution in [2.75, 3.05) is 0 Å². The lowest BCUT2D eigenvalue weighted by molar-refractivity contribution is -0.140. The summed E-state index contributed by atoms with van der Waals surface area (Å²) in [6.45, 7) is 12.2. The monoisotopic (exact) mass is 292 g/mol. The molecule has 0 unspecified atom stereocenters. The van der Waals surface area contributed by atoms with Crippen LogP contribution in [0.25, 0.3) is 0 Å². The van der Waals surface area contributed by atoms with E-state index in [1.54, 1.807) is 0 Å². The van der Waals surface area contributed by atoms with Crippen molar-refractivity contribution in [2.24, 2.45) is 5.92 Å². The van der Waals surface area contributed by atoms with Crippen molar-refractivity contribution in [1.29, 1.82) is 0 Å². The Bertz CT molecular complexity index is 481. The number of hydrogen-bond acceptors (Lipinski definition) is 3. The Morgan fingerprint density at radius 3 is 2.52 bits per heavy atom. The molecule has 0 aromatic carbocycles. The van der Waals surface area contributed by atoms with Crippen LogP contribution in [0.3, 0.4) is 0 Å². The standard InChI is InChI=1S/C18H28O3/c1-11(2)9-14(19)10-13(4)15-8-7-12(3)16-17(15)21-18(5,6)20-16/h7-9,13-14,16-17,19H,10H2,1-6H3/t13-,14-,16+,17-/m1/s1. The summed E-state index contributed by atoms with van der Waals surface area (Å²) in [6.07, 6.45) is 6.44. The number of hydrogen-bond donors (Lipinski definition) is 1. The fourth-order valence-electron chi connectivity index (χ4n) is 3.15. The third kappa shape index (κ3) is 3.85. The molecule has 0 aromatic heterocycles. The fraction of sp³-hybridized carbons (Fsp3) is 0.667. The number of allylic oxidation sites excluding steroid dienone is 3. The van der Waals surface area contributed by atoms with Gasteiger partial charge in [0, 0.05) is 0 Å². The van der Waals surface area contributed by atoms with Crippen LogP contribution in [0.2, 0.25) is 0 Å². The summed E-state index contributed by atoms with van der Waals surface area (Å²) in [5, 5.41) is 10.1. The van der Waals surface area contributed by atoms with E-state index in [-0.39, 0.29) is 18.1 Å². The van der Waals surface area contributed by atoms with Crippen LogP contribution in [0.4, 0.5) is 0 Å². The molecule has 0 radical (unpaired) electrons. The highest BCUT2D eigenvalue weighted by atomic mass is 16.8. The van der Waals surface area contributed by atoms with Crippen molar-refractivity contribution < 1.29 is 14.6 Å². The summed E-state index contributed by atoms with van der Waals surface area (Å²) in [4.78, 5) is 0. The van der Waals surface area contributed by atoms with Crippen LogP contribution in [-0.4, -0.2) is 29.2 Å². The van der Waals surface area contributed by atoms with E-state index in [1.807, 2.05) is 33.8 Å². The second-order valence-corrected chi connectivity index (χ2v) is 7.00. The van der Waals surface area contributed by atoms with Crippen LogP contribution in [0.15, 0.2) is 34.9 Å². The van der Waals surface area contributed by atoms with E-state index in [4.69, 9.17) is 9.47 Å². The van der Waals surface area contributed by atoms with Crippen LogP contribution in [-0.2, 0) is 9.47 Å². The fourth-order valence-corrected chi connectivity index (χ4v) is 3.15. The quantitative estimate of drug-likeness (QED) is 0.802. The lowest BCUT2D eigenvalue weighted by Gasteiger charge is -2.28. The highest BCUT2D eigenvalue weighted by Gasteiger charge is 2.45. The number of ether oxygens (including phenoxy) is 2. The van der Waals surface area contributed by atoms with Crippen molar-refractivity contribution in [3.8, 4) is 0 Å². The van der Waals surface area contributed by atoms with Crippen LogP contribution in [0, 0.1) is 5.92 Å². The average Bonchev–Trinajstić information content (AvgIpc) is 2.64. The summed E-state index contributed by atoms with van der Waals surface area (Å²) >= 11 is 0. The van der Waals surface area contributed by atoms with Crippen LogP contribution >= 0.6 is 0 Å². The maximum absolute atomic E-state index is 10.1. The van der Waals surface area contributed by atoms with Crippen molar-refractivity contribution in [1.82, 2.24) is 0 Å². The molecule has 0 saturated carbocycles. The van der Waals surface area contributed by atoms with E-state index >= 15 is 0 Å². The zero-order valence-electron chi connectivity index (χ0n) is 14.0. The third-order valence-corrected chi connectivity index (χ3v) is 4.10. The zero-order chi connectivity index (χ0) is 15.8. The van der Waals surface area contributed by atoms with E-state index in [9.17, 15) is 5.11 Å². The summed E-state index contributed by atoms with van der Waals surface area (Å²) in [7, 11) is 0. The molecule has 1 N–H and O–H groups in total. The number of aliphatic hydroxyl groups is 1. The van der Waals surface area contributed by atoms with Gasteiger partial charge in [-0.05, 0) is 58.1 Å². The van der Waals surface area contributed by atoms with Gasteiger partial charge in [-0.1, -0.05) is 30.7 Å². The second-order valence-electron chi connectivity index (χ2n) is 7.00. The molecular weight excluding hydrogens is 264 g/mol. The SMILES string of the molecule is CC(C)=C[C@@H](O)C[C@@H](C)C1=CC=C(C)[C@@H]2OC(C)(C)O[C@H]12. The van der Waals surface area contributed by atoms with E-state index in [0.29, 0.717) is 6.42 Å². The minimum absolute atomic E-state index is 0.00282. The molecule has 0 spiro atoms. The van der Waals surface area contributed by atoms with Gasteiger partial charge in [0.1, 0.15) is 12.2 Å². The van der Waals surface area contributed by atoms with E-state index < -0.39 is 11.9 Å². The third-order valence-electron chi connectivity index (χ3n) is 4.10. The maximum Gasteiger partial charge on any atom is 0.164 e. The average molecular weight is 292 g/mol. The zero-order valence-corrected chi connectivity index (χ0v) is 14.0. The van der Waals surface area contributed by atoms with Crippen molar-refractivity contribution in [3.63, 3.8) is 0 Å². The highest BCUT2D eigenvalue weighted by Crippen LogP contribution is 2.40. The van der Waals surface area contributed by atoms with Gasteiger partial charge in [0.2, 0.25) is 0 Å². The van der Waals surface area contributed by atoms with Gasteiger partial charge >= 0.3 is 0 Å². The molecule has 118 valence electrons. The van der Waals surface area contributed by atoms with Gasteiger partial charge in [0.15, 0.2) is 5.79 Å². The summed E-state index contributed by atoms with van der Waals surface area (Å²) in [5.74, 6) is -0.295. The van der Waals surface area contributed by atoms with Gasteiger partial charge < -0.3 is 14.6 Å². The first kappa shape index (κ1) is 16.5. The molecule has 1 saturated heterocycles. The molecule has 4 atom stereocenters. The topological polar surface area (TPSA) is 38.7 Å². The normalized spacial score (nSPS) is 30.0. The molecular formula is C18H28O3. The van der Waals surface area contributed by atoms with Gasteiger partial charge in [-0.2, -0.15) is 0 Å². The Balaban J connectivity index is 2.14. The molecule has 1 fully saturated rings. The molecule has 2 rings (SSSR count). The van der Waals surface area contributed by atoms with Gasteiger partial charge in [0.25, 0.3) is 0 Å². The van der Waals surface area contributed by atoms with E-state index in [2.05, 4.69) is 26.0 Å². The highest BCUT2D eigenvalue weighted by molar-refractivity contribution is 5.34. The van der Waals surface area contributed by atoms with Crippen molar-refractivity contribution in [2.45, 2.75) is 72.1 Å². The molecule has 1 aliphatic heterocycles. The van der Waals surface area contributed by atoms with Gasteiger partial charge in [-0.25, -0.2) is 0 Å². The van der Waals surface area contributed by atoms with Crippen LogP contribution < -0.4 is 0 Å². The lowest BCUT2D eigenvalue weighted by Crippen LogP contribution is -2.31. The van der Waals surface area contributed by atoms with Crippen molar-refractivity contribution >= 4 is 0 Å². The van der Waals surface area contributed by atoms with Gasteiger partial charge in [-0.15, -0.1) is 0 Å². The number of fused-ring (bicyclic) bond motifs is 1. The van der Waals surface area contributed by atoms with E-state index in [0.717, 1.165) is 5.57 Å². The van der Waals surface area contributed by atoms with Crippen molar-refractivity contribution in [3.05, 3.63) is 34.9 Å². The molecule has 0 amide bonds. The predicted octanol–water partition coefficient (Wildman–Crippen LogP) is 3.75. The van der Waals surface area contributed by atoms with Gasteiger partial charge in [0.05, 0.1) is 6.10 Å². The Morgan fingerprint density at radius 1 is 1.29 bits per heavy atom. The Hall–Kier alpha value is -0.900. The molecule has 2 aliphatic rings.